The van der Waals surface area contributed by atoms with Crippen molar-refractivity contribution in [1.29, 1.82) is 5.26 Å². The number of ether oxygens (including phenoxy) is 2. The molecule has 0 aliphatic carbocycles. The van der Waals surface area contributed by atoms with Crippen LogP contribution in [0.3, 0.4) is 0 Å². The maximum Gasteiger partial charge on any atom is 0.161 e. The SMILES string of the molecule is COc1cc(C(C)N)ccc1OCCCCC#N. The van der Waals surface area contributed by atoms with E-state index in [2.05, 4.69) is 6.07 Å². The van der Waals surface area contributed by atoms with Gasteiger partial charge >= 0.3 is 0 Å². The van der Waals surface area contributed by atoms with Gasteiger partial charge in [0.05, 0.1) is 19.8 Å². The summed E-state index contributed by atoms with van der Waals surface area (Å²) in [5, 5.41) is 8.42. The minimum Gasteiger partial charge on any atom is -0.493 e. The van der Waals surface area contributed by atoms with E-state index in [-0.39, 0.29) is 6.04 Å². The maximum absolute atomic E-state index is 8.42. The second-order valence-electron chi connectivity index (χ2n) is 4.16. The molecule has 0 amide bonds. The molecule has 0 radical (unpaired) electrons. The number of unbranched alkanes of at least 4 members (excludes halogenated alkanes) is 2. The molecule has 1 atom stereocenters. The van der Waals surface area contributed by atoms with Crippen LogP contribution in [0.2, 0.25) is 0 Å². The number of nitrogens with two attached hydrogens (primary N) is 1. The number of rotatable bonds is 7. The van der Waals surface area contributed by atoms with Crippen molar-refractivity contribution in [2.45, 2.75) is 32.2 Å². The topological polar surface area (TPSA) is 68.3 Å². The van der Waals surface area contributed by atoms with Gasteiger partial charge in [0.1, 0.15) is 0 Å². The van der Waals surface area contributed by atoms with Gasteiger partial charge < -0.3 is 15.2 Å². The van der Waals surface area contributed by atoms with E-state index in [1.54, 1.807) is 7.11 Å². The molecule has 98 valence electrons. The molecule has 1 aromatic carbocycles. The van der Waals surface area contributed by atoms with Gasteiger partial charge in [-0.3, -0.25) is 0 Å². The molecule has 0 saturated heterocycles. The number of benzene rings is 1. The Labute approximate surface area is 108 Å². The summed E-state index contributed by atoms with van der Waals surface area (Å²) < 4.78 is 10.9. The molecule has 0 spiro atoms. The molecule has 0 bridgehead atoms. The first-order valence-electron chi connectivity index (χ1n) is 6.12. The summed E-state index contributed by atoms with van der Waals surface area (Å²) in [6, 6.07) is 7.81. The van der Waals surface area contributed by atoms with Crippen LogP contribution < -0.4 is 15.2 Å². The van der Waals surface area contributed by atoms with Crippen molar-refractivity contribution in [3.05, 3.63) is 23.8 Å². The second-order valence-corrected chi connectivity index (χ2v) is 4.16. The molecular formula is C14H20N2O2. The molecule has 1 unspecified atom stereocenters. The van der Waals surface area contributed by atoms with E-state index in [0.717, 1.165) is 24.2 Å². The quantitative estimate of drug-likeness (QED) is 0.753. The number of hydrogen-bond acceptors (Lipinski definition) is 4. The van der Waals surface area contributed by atoms with Crippen LogP contribution in [0.25, 0.3) is 0 Å². The van der Waals surface area contributed by atoms with Crippen LogP contribution in [0.4, 0.5) is 0 Å². The predicted molar refractivity (Wildman–Crippen MR) is 70.6 cm³/mol. The summed E-state index contributed by atoms with van der Waals surface area (Å²) in [5.41, 5.74) is 6.83. The Kier molecular flexibility index (Phi) is 6.03. The van der Waals surface area contributed by atoms with Crippen molar-refractivity contribution in [3.8, 4) is 17.6 Å². The summed E-state index contributed by atoms with van der Waals surface area (Å²) in [6.45, 7) is 2.52. The molecule has 4 heteroatoms. The van der Waals surface area contributed by atoms with Gasteiger partial charge in [-0.05, 0) is 37.5 Å². The summed E-state index contributed by atoms with van der Waals surface area (Å²) in [7, 11) is 1.61. The van der Waals surface area contributed by atoms with E-state index in [4.69, 9.17) is 20.5 Å². The van der Waals surface area contributed by atoms with Gasteiger partial charge in [0.25, 0.3) is 0 Å². The van der Waals surface area contributed by atoms with Gasteiger partial charge in [0.15, 0.2) is 11.5 Å². The van der Waals surface area contributed by atoms with Crippen molar-refractivity contribution >= 4 is 0 Å². The average molecular weight is 248 g/mol. The Morgan fingerprint density at radius 1 is 1.33 bits per heavy atom. The highest BCUT2D eigenvalue weighted by atomic mass is 16.5. The summed E-state index contributed by atoms with van der Waals surface area (Å²) in [5.74, 6) is 1.42. The van der Waals surface area contributed by atoms with Gasteiger partial charge in [-0.25, -0.2) is 0 Å². The molecule has 2 N–H and O–H groups in total. The van der Waals surface area contributed by atoms with Crippen LogP contribution in [0, 0.1) is 11.3 Å². The Balaban J connectivity index is 2.57. The molecule has 0 aromatic heterocycles. The third kappa shape index (κ3) is 4.27. The molecule has 1 aromatic rings. The Morgan fingerprint density at radius 3 is 2.72 bits per heavy atom. The van der Waals surface area contributed by atoms with Crippen LogP contribution in [0.5, 0.6) is 11.5 Å². The van der Waals surface area contributed by atoms with Crippen molar-refractivity contribution in [3.63, 3.8) is 0 Å². The predicted octanol–water partition coefficient (Wildman–Crippen LogP) is 2.79. The fourth-order valence-corrected chi connectivity index (χ4v) is 1.57. The lowest BCUT2D eigenvalue weighted by Crippen LogP contribution is -2.06. The van der Waals surface area contributed by atoms with Gasteiger partial charge in [-0.15, -0.1) is 0 Å². The third-order valence-electron chi connectivity index (χ3n) is 2.65. The Bertz CT molecular complexity index is 411. The van der Waals surface area contributed by atoms with Gasteiger partial charge in [0.2, 0.25) is 0 Å². The van der Waals surface area contributed by atoms with Crippen molar-refractivity contribution in [1.82, 2.24) is 0 Å². The third-order valence-corrected chi connectivity index (χ3v) is 2.65. The minimum atomic E-state index is -0.0245. The molecule has 0 saturated carbocycles. The standard InChI is InChI=1S/C14H20N2O2/c1-11(16)12-6-7-13(14(10-12)17-2)18-9-5-3-4-8-15/h6-7,10-11H,3-5,9,16H2,1-2H3. The first-order valence-corrected chi connectivity index (χ1v) is 6.12. The first kappa shape index (κ1) is 14.3. The van der Waals surface area contributed by atoms with E-state index >= 15 is 0 Å². The largest absolute Gasteiger partial charge is 0.493 e. The lowest BCUT2D eigenvalue weighted by molar-refractivity contribution is 0.286. The number of methoxy groups -OCH3 is 1. The van der Waals surface area contributed by atoms with Crippen LogP contribution in [-0.2, 0) is 0 Å². The molecular weight excluding hydrogens is 228 g/mol. The Morgan fingerprint density at radius 2 is 2.11 bits per heavy atom. The summed E-state index contributed by atoms with van der Waals surface area (Å²) in [4.78, 5) is 0. The number of hydrogen-bond donors (Lipinski definition) is 1. The van der Waals surface area contributed by atoms with Crippen molar-refractivity contribution in [2.24, 2.45) is 5.73 Å². The molecule has 1 rings (SSSR count). The fraction of sp³-hybridized carbons (Fsp3) is 0.500. The smallest absolute Gasteiger partial charge is 0.161 e. The average Bonchev–Trinajstić information content (AvgIpc) is 2.38. The van der Waals surface area contributed by atoms with Crippen LogP contribution in [0.15, 0.2) is 18.2 Å². The summed E-state index contributed by atoms with van der Waals surface area (Å²) in [6.07, 6.45) is 2.30. The van der Waals surface area contributed by atoms with E-state index < -0.39 is 0 Å². The highest BCUT2D eigenvalue weighted by Gasteiger charge is 2.07. The maximum atomic E-state index is 8.42. The molecule has 0 heterocycles. The highest BCUT2D eigenvalue weighted by Crippen LogP contribution is 2.29. The van der Waals surface area contributed by atoms with E-state index in [1.165, 1.54) is 0 Å². The monoisotopic (exact) mass is 248 g/mol. The number of nitriles is 1. The normalized spacial score (nSPS) is 11.7. The van der Waals surface area contributed by atoms with E-state index in [0.29, 0.717) is 18.8 Å². The molecule has 0 fully saturated rings. The van der Waals surface area contributed by atoms with Crippen LogP contribution >= 0.6 is 0 Å². The zero-order chi connectivity index (χ0) is 13.4. The highest BCUT2D eigenvalue weighted by molar-refractivity contribution is 5.43. The van der Waals surface area contributed by atoms with E-state index in [9.17, 15) is 0 Å². The zero-order valence-corrected chi connectivity index (χ0v) is 11.0. The van der Waals surface area contributed by atoms with E-state index in [1.807, 2.05) is 25.1 Å². The lowest BCUT2D eigenvalue weighted by Gasteiger charge is -2.13. The molecule has 0 aliphatic rings. The molecule has 18 heavy (non-hydrogen) atoms. The van der Waals surface area contributed by atoms with Crippen LogP contribution in [0.1, 0.15) is 37.8 Å². The van der Waals surface area contributed by atoms with Crippen molar-refractivity contribution < 1.29 is 9.47 Å². The lowest BCUT2D eigenvalue weighted by atomic mass is 10.1. The number of nitrogens with zero attached hydrogens (tertiary/aromatic N) is 1. The molecule has 4 nitrogen and oxygen atoms in total. The fourth-order valence-electron chi connectivity index (χ4n) is 1.57. The van der Waals surface area contributed by atoms with Crippen molar-refractivity contribution in [2.75, 3.05) is 13.7 Å². The zero-order valence-electron chi connectivity index (χ0n) is 11.0. The van der Waals surface area contributed by atoms with Crippen LogP contribution in [-0.4, -0.2) is 13.7 Å². The second kappa shape index (κ2) is 7.57. The molecule has 0 aliphatic heterocycles. The minimum absolute atomic E-state index is 0.0245. The van der Waals surface area contributed by atoms with Gasteiger partial charge in [-0.1, -0.05) is 6.07 Å². The Hall–Kier alpha value is -1.73. The van der Waals surface area contributed by atoms with Gasteiger partial charge in [0, 0.05) is 12.5 Å². The summed E-state index contributed by atoms with van der Waals surface area (Å²) >= 11 is 0. The first-order chi connectivity index (χ1) is 8.69. The van der Waals surface area contributed by atoms with Gasteiger partial charge in [-0.2, -0.15) is 5.26 Å².